The standard InChI is InChI=1S/C16H23N5OS/c1-4-13-9-17-15(23-13)11(2)19-16(22)21-7-5-6-14-12(10-21)8-18-20(14)3/h8-9,11H,4-7,10H2,1-3H3,(H,19,22). The Hall–Kier alpha value is -1.89. The van der Waals surface area contributed by atoms with Gasteiger partial charge in [0.25, 0.3) is 0 Å². The number of rotatable bonds is 3. The third-order valence-electron chi connectivity index (χ3n) is 4.27. The highest BCUT2D eigenvalue weighted by Gasteiger charge is 2.23. The molecule has 7 heteroatoms. The lowest BCUT2D eigenvalue weighted by molar-refractivity contribution is 0.192. The van der Waals surface area contributed by atoms with Crippen LogP contribution in [0.4, 0.5) is 4.79 Å². The molecule has 0 bridgehead atoms. The molecule has 124 valence electrons. The summed E-state index contributed by atoms with van der Waals surface area (Å²) in [5, 5.41) is 8.35. The van der Waals surface area contributed by atoms with Crippen molar-refractivity contribution < 1.29 is 4.79 Å². The number of hydrogen-bond acceptors (Lipinski definition) is 4. The summed E-state index contributed by atoms with van der Waals surface area (Å²) in [7, 11) is 1.96. The number of thiazole rings is 1. The fourth-order valence-corrected chi connectivity index (χ4v) is 3.74. The van der Waals surface area contributed by atoms with Gasteiger partial charge < -0.3 is 10.2 Å². The number of carbonyl (C=O) groups is 1. The van der Waals surface area contributed by atoms with Crippen LogP contribution in [0.2, 0.25) is 0 Å². The zero-order valence-corrected chi connectivity index (χ0v) is 14.7. The highest BCUT2D eigenvalue weighted by Crippen LogP contribution is 2.22. The van der Waals surface area contributed by atoms with E-state index in [2.05, 4.69) is 22.3 Å². The summed E-state index contributed by atoms with van der Waals surface area (Å²) in [4.78, 5) is 20.1. The van der Waals surface area contributed by atoms with Gasteiger partial charge in [0.2, 0.25) is 0 Å². The third-order valence-corrected chi connectivity index (χ3v) is 5.59. The second-order valence-corrected chi connectivity index (χ2v) is 7.10. The maximum atomic E-state index is 12.6. The highest BCUT2D eigenvalue weighted by atomic mass is 32.1. The average Bonchev–Trinajstić information content (AvgIpc) is 3.08. The summed E-state index contributed by atoms with van der Waals surface area (Å²) in [5.41, 5.74) is 2.39. The maximum absolute atomic E-state index is 12.6. The van der Waals surface area contributed by atoms with Crippen molar-refractivity contribution in [3.05, 3.63) is 33.5 Å². The smallest absolute Gasteiger partial charge is 0.318 e. The fourth-order valence-electron chi connectivity index (χ4n) is 2.88. The van der Waals surface area contributed by atoms with E-state index in [1.54, 1.807) is 11.3 Å². The normalized spacial score (nSPS) is 15.9. The fraction of sp³-hybridized carbons (Fsp3) is 0.562. The SMILES string of the molecule is CCc1cnc(C(C)NC(=O)N2CCCc3c(cnn3C)C2)s1. The first-order valence-corrected chi connectivity index (χ1v) is 8.90. The van der Waals surface area contributed by atoms with Crippen LogP contribution in [0.15, 0.2) is 12.4 Å². The van der Waals surface area contributed by atoms with Crippen LogP contribution in [0.5, 0.6) is 0 Å². The molecular weight excluding hydrogens is 310 g/mol. The van der Waals surface area contributed by atoms with Crippen LogP contribution in [-0.2, 0) is 26.4 Å². The van der Waals surface area contributed by atoms with Gasteiger partial charge in [0.15, 0.2) is 0 Å². The molecule has 0 fully saturated rings. The second-order valence-electron chi connectivity index (χ2n) is 5.95. The predicted octanol–water partition coefficient (Wildman–Crippen LogP) is 2.66. The van der Waals surface area contributed by atoms with Crippen LogP contribution in [-0.4, -0.2) is 32.2 Å². The van der Waals surface area contributed by atoms with Crippen molar-refractivity contribution in [2.45, 2.75) is 45.7 Å². The molecule has 0 spiro atoms. The van der Waals surface area contributed by atoms with E-state index in [0.717, 1.165) is 36.4 Å². The van der Waals surface area contributed by atoms with Crippen LogP contribution in [0.25, 0.3) is 0 Å². The summed E-state index contributed by atoms with van der Waals surface area (Å²) in [6.07, 6.45) is 6.69. The lowest BCUT2D eigenvalue weighted by Gasteiger charge is -2.23. The second kappa shape index (κ2) is 6.70. The minimum absolute atomic E-state index is 0.0255. The first-order valence-electron chi connectivity index (χ1n) is 8.08. The monoisotopic (exact) mass is 333 g/mol. The quantitative estimate of drug-likeness (QED) is 0.939. The van der Waals surface area contributed by atoms with Crippen LogP contribution < -0.4 is 5.32 Å². The molecule has 1 aliphatic heterocycles. The molecule has 6 nitrogen and oxygen atoms in total. The summed E-state index contributed by atoms with van der Waals surface area (Å²) >= 11 is 1.67. The Balaban J connectivity index is 1.65. The van der Waals surface area contributed by atoms with E-state index < -0.39 is 0 Å². The first kappa shape index (κ1) is 16.0. The van der Waals surface area contributed by atoms with Crippen molar-refractivity contribution in [1.82, 2.24) is 25.0 Å². The highest BCUT2D eigenvalue weighted by molar-refractivity contribution is 7.11. The van der Waals surface area contributed by atoms with E-state index >= 15 is 0 Å². The van der Waals surface area contributed by atoms with Gasteiger partial charge in [-0.05, 0) is 26.2 Å². The maximum Gasteiger partial charge on any atom is 0.318 e. The van der Waals surface area contributed by atoms with Gasteiger partial charge in [-0.3, -0.25) is 4.68 Å². The third kappa shape index (κ3) is 3.39. The van der Waals surface area contributed by atoms with Gasteiger partial charge in [-0.2, -0.15) is 5.10 Å². The molecule has 2 aromatic rings. The molecule has 1 unspecified atom stereocenters. The number of fused-ring (bicyclic) bond motifs is 1. The van der Waals surface area contributed by atoms with Crippen molar-refractivity contribution in [3.63, 3.8) is 0 Å². The number of aromatic nitrogens is 3. The number of nitrogens with zero attached hydrogens (tertiary/aromatic N) is 4. The molecule has 0 aliphatic carbocycles. The lowest BCUT2D eigenvalue weighted by atomic mass is 10.2. The van der Waals surface area contributed by atoms with Gasteiger partial charge >= 0.3 is 6.03 Å². The van der Waals surface area contributed by atoms with Crippen molar-refractivity contribution in [1.29, 1.82) is 0 Å². The molecule has 2 amide bonds. The molecule has 0 radical (unpaired) electrons. The minimum Gasteiger partial charge on any atom is -0.329 e. The number of amides is 2. The van der Waals surface area contributed by atoms with E-state index in [4.69, 9.17) is 0 Å². The van der Waals surface area contributed by atoms with Crippen LogP contribution in [0.1, 0.15) is 47.5 Å². The Kier molecular flexibility index (Phi) is 4.66. The van der Waals surface area contributed by atoms with E-state index in [1.165, 1.54) is 10.6 Å². The van der Waals surface area contributed by atoms with Gasteiger partial charge in [0.1, 0.15) is 5.01 Å². The molecule has 1 N–H and O–H groups in total. The Morgan fingerprint density at radius 3 is 3.04 bits per heavy atom. The molecule has 3 heterocycles. The van der Waals surface area contributed by atoms with Gasteiger partial charge in [-0.1, -0.05) is 6.92 Å². The topological polar surface area (TPSA) is 63.1 Å². The summed E-state index contributed by atoms with van der Waals surface area (Å²) in [6.45, 7) is 5.50. The van der Waals surface area contributed by atoms with E-state index in [0.29, 0.717) is 6.54 Å². The number of urea groups is 1. The first-order chi connectivity index (χ1) is 11.1. The number of nitrogens with one attached hydrogen (secondary N) is 1. The predicted molar refractivity (Wildman–Crippen MR) is 90.4 cm³/mol. The van der Waals surface area contributed by atoms with Gasteiger partial charge in [0, 0.05) is 35.9 Å². The summed E-state index contributed by atoms with van der Waals surface area (Å²) in [5.74, 6) is 0. The zero-order valence-electron chi connectivity index (χ0n) is 13.9. The molecule has 1 aliphatic rings. The Morgan fingerprint density at radius 2 is 2.30 bits per heavy atom. The molecule has 0 aromatic carbocycles. The number of hydrogen-bond donors (Lipinski definition) is 1. The van der Waals surface area contributed by atoms with Gasteiger partial charge in [-0.15, -0.1) is 11.3 Å². The molecule has 2 aromatic heterocycles. The molecule has 23 heavy (non-hydrogen) atoms. The Morgan fingerprint density at radius 1 is 1.48 bits per heavy atom. The van der Waals surface area contributed by atoms with E-state index in [9.17, 15) is 4.79 Å². The number of carbonyl (C=O) groups excluding carboxylic acids is 1. The van der Waals surface area contributed by atoms with E-state index in [1.807, 2.05) is 35.9 Å². The molecule has 1 atom stereocenters. The van der Waals surface area contributed by atoms with Crippen molar-refractivity contribution in [2.75, 3.05) is 6.54 Å². The van der Waals surface area contributed by atoms with Crippen LogP contribution in [0.3, 0.4) is 0 Å². The molecule has 0 saturated heterocycles. The average molecular weight is 333 g/mol. The largest absolute Gasteiger partial charge is 0.329 e. The van der Waals surface area contributed by atoms with Crippen molar-refractivity contribution in [2.24, 2.45) is 7.05 Å². The summed E-state index contributed by atoms with van der Waals surface area (Å²) in [6, 6.07) is -0.0909. The Labute approximate surface area is 140 Å². The van der Waals surface area contributed by atoms with Crippen molar-refractivity contribution >= 4 is 17.4 Å². The molecule has 3 rings (SSSR count). The van der Waals surface area contributed by atoms with E-state index in [-0.39, 0.29) is 12.1 Å². The van der Waals surface area contributed by atoms with Crippen molar-refractivity contribution in [3.8, 4) is 0 Å². The van der Waals surface area contributed by atoms with Crippen LogP contribution in [0, 0.1) is 0 Å². The Bertz CT molecular complexity index is 692. The molecule has 0 saturated carbocycles. The van der Waals surface area contributed by atoms with Gasteiger partial charge in [0.05, 0.1) is 18.8 Å². The number of aryl methyl sites for hydroxylation is 2. The summed E-state index contributed by atoms with van der Waals surface area (Å²) < 4.78 is 1.92. The minimum atomic E-state index is -0.0654. The van der Waals surface area contributed by atoms with Crippen LogP contribution >= 0.6 is 11.3 Å². The van der Waals surface area contributed by atoms with Gasteiger partial charge in [-0.25, -0.2) is 9.78 Å². The zero-order chi connectivity index (χ0) is 16.4. The molecular formula is C16H23N5OS. The lowest BCUT2D eigenvalue weighted by Crippen LogP contribution is -2.40.